The Morgan fingerprint density at radius 1 is 1.00 bits per heavy atom. The number of fused-ring (bicyclic) bond motifs is 2. The van der Waals surface area contributed by atoms with Gasteiger partial charge in [-0.3, -0.25) is 4.79 Å². The SMILES string of the molecule is CCCCCCCn1c(C2CC(=O)N(c3ccc4c(c3)OCCO4)C2)nc2ccccc21. The summed E-state index contributed by atoms with van der Waals surface area (Å²) in [5.41, 5.74) is 3.05. The maximum Gasteiger partial charge on any atom is 0.227 e. The standard InChI is InChI=1S/C26H31N3O3/c1-2-3-4-5-8-13-28-22-10-7-6-9-21(22)27-26(28)19-16-25(30)29(18-19)20-11-12-23-24(17-20)32-15-14-31-23/h6-7,9-12,17,19H,2-5,8,13-16,18H2,1H3. The highest BCUT2D eigenvalue weighted by molar-refractivity contribution is 5.96. The molecule has 6 nitrogen and oxygen atoms in total. The lowest BCUT2D eigenvalue weighted by atomic mass is 10.1. The minimum atomic E-state index is 0.0822. The molecule has 5 rings (SSSR count). The number of imidazole rings is 1. The first kappa shape index (κ1) is 20.9. The van der Waals surface area contributed by atoms with Crippen molar-refractivity contribution >= 4 is 22.6 Å². The number of carbonyl (C=O) groups excluding carboxylic acids is 1. The molecule has 2 aliphatic rings. The second-order valence-corrected chi connectivity index (χ2v) is 8.76. The maximum absolute atomic E-state index is 13.0. The largest absolute Gasteiger partial charge is 0.486 e. The van der Waals surface area contributed by atoms with Crippen molar-refractivity contribution in [3.8, 4) is 11.5 Å². The highest BCUT2D eigenvalue weighted by atomic mass is 16.6. The normalized spacial score (nSPS) is 18.0. The molecule has 2 aromatic carbocycles. The number of anilines is 1. The summed E-state index contributed by atoms with van der Waals surface area (Å²) in [6, 6.07) is 14.1. The Morgan fingerprint density at radius 2 is 1.81 bits per heavy atom. The predicted octanol–water partition coefficient (Wildman–Crippen LogP) is 5.30. The maximum atomic E-state index is 13.0. The summed E-state index contributed by atoms with van der Waals surface area (Å²) in [6.07, 6.45) is 6.66. The molecule has 1 atom stereocenters. The van der Waals surface area contributed by atoms with Gasteiger partial charge in [0, 0.05) is 37.2 Å². The summed E-state index contributed by atoms with van der Waals surface area (Å²) >= 11 is 0. The van der Waals surface area contributed by atoms with Crippen LogP contribution in [0.15, 0.2) is 42.5 Å². The Bertz CT molecular complexity index is 1110. The van der Waals surface area contributed by atoms with Gasteiger partial charge >= 0.3 is 0 Å². The van der Waals surface area contributed by atoms with Gasteiger partial charge in [-0.1, -0.05) is 44.7 Å². The van der Waals surface area contributed by atoms with Gasteiger partial charge in [0.05, 0.1) is 11.0 Å². The average molecular weight is 434 g/mol. The van der Waals surface area contributed by atoms with E-state index in [1.165, 1.54) is 31.2 Å². The van der Waals surface area contributed by atoms with Gasteiger partial charge in [-0.25, -0.2) is 4.98 Å². The van der Waals surface area contributed by atoms with Gasteiger partial charge < -0.3 is 18.9 Å². The fraction of sp³-hybridized carbons (Fsp3) is 0.462. The zero-order chi connectivity index (χ0) is 21.9. The Kier molecular flexibility index (Phi) is 6.02. The zero-order valence-electron chi connectivity index (χ0n) is 18.8. The number of aromatic nitrogens is 2. The second-order valence-electron chi connectivity index (χ2n) is 8.76. The summed E-state index contributed by atoms with van der Waals surface area (Å²) in [4.78, 5) is 19.9. The van der Waals surface area contributed by atoms with Crippen LogP contribution in [0.25, 0.3) is 11.0 Å². The van der Waals surface area contributed by atoms with Gasteiger partial charge in [-0.15, -0.1) is 0 Å². The van der Waals surface area contributed by atoms with Gasteiger partial charge in [-0.2, -0.15) is 0 Å². The number of aryl methyl sites for hydroxylation is 1. The minimum absolute atomic E-state index is 0.0822. The quantitative estimate of drug-likeness (QED) is 0.453. The molecule has 1 unspecified atom stereocenters. The van der Waals surface area contributed by atoms with Gasteiger partial charge in [0.2, 0.25) is 5.91 Å². The van der Waals surface area contributed by atoms with Crippen molar-refractivity contribution in [1.29, 1.82) is 0 Å². The first-order valence-electron chi connectivity index (χ1n) is 11.9. The van der Waals surface area contributed by atoms with Crippen LogP contribution < -0.4 is 14.4 Å². The number of para-hydroxylation sites is 2. The minimum Gasteiger partial charge on any atom is -0.486 e. The third-order valence-electron chi connectivity index (χ3n) is 6.50. The molecule has 0 aliphatic carbocycles. The Balaban J connectivity index is 1.38. The number of hydrogen-bond donors (Lipinski definition) is 0. The third-order valence-corrected chi connectivity index (χ3v) is 6.50. The lowest BCUT2D eigenvalue weighted by Gasteiger charge is -2.22. The van der Waals surface area contributed by atoms with E-state index in [4.69, 9.17) is 14.5 Å². The molecule has 0 spiro atoms. The van der Waals surface area contributed by atoms with E-state index in [2.05, 4.69) is 29.7 Å². The smallest absolute Gasteiger partial charge is 0.227 e. The molecule has 1 amide bonds. The van der Waals surface area contributed by atoms with E-state index in [9.17, 15) is 4.79 Å². The van der Waals surface area contributed by atoms with Crippen LogP contribution in [0.5, 0.6) is 11.5 Å². The molecule has 1 aromatic heterocycles. The van der Waals surface area contributed by atoms with Crippen molar-refractivity contribution < 1.29 is 14.3 Å². The second kappa shape index (κ2) is 9.23. The fourth-order valence-electron chi connectivity index (χ4n) is 4.84. The highest BCUT2D eigenvalue weighted by Crippen LogP contribution is 2.38. The summed E-state index contributed by atoms with van der Waals surface area (Å²) in [6.45, 7) is 4.93. The molecular weight excluding hydrogens is 402 g/mol. The van der Waals surface area contributed by atoms with E-state index in [-0.39, 0.29) is 11.8 Å². The van der Waals surface area contributed by atoms with E-state index in [1.807, 2.05) is 29.2 Å². The zero-order valence-corrected chi connectivity index (χ0v) is 18.8. The first-order valence-corrected chi connectivity index (χ1v) is 11.9. The monoisotopic (exact) mass is 433 g/mol. The number of amides is 1. The van der Waals surface area contributed by atoms with Crippen LogP contribution in [0.4, 0.5) is 5.69 Å². The van der Waals surface area contributed by atoms with Crippen LogP contribution in [0.2, 0.25) is 0 Å². The number of benzene rings is 2. The van der Waals surface area contributed by atoms with Crippen molar-refractivity contribution in [2.45, 2.75) is 57.9 Å². The van der Waals surface area contributed by atoms with Gasteiger partial charge in [-0.05, 0) is 30.7 Å². The summed E-state index contributed by atoms with van der Waals surface area (Å²) in [5, 5.41) is 0. The molecular formula is C26H31N3O3. The number of rotatable bonds is 8. The van der Waals surface area contributed by atoms with Crippen molar-refractivity contribution in [3.05, 3.63) is 48.3 Å². The van der Waals surface area contributed by atoms with Crippen LogP contribution in [0.1, 0.15) is 57.2 Å². The lowest BCUT2D eigenvalue weighted by molar-refractivity contribution is -0.117. The van der Waals surface area contributed by atoms with Crippen molar-refractivity contribution in [3.63, 3.8) is 0 Å². The van der Waals surface area contributed by atoms with E-state index in [1.54, 1.807) is 0 Å². The lowest BCUT2D eigenvalue weighted by Crippen LogP contribution is -2.25. The molecule has 0 radical (unpaired) electrons. The Labute approximate surface area is 189 Å². The number of carbonyl (C=O) groups is 1. The van der Waals surface area contributed by atoms with E-state index < -0.39 is 0 Å². The molecule has 3 heterocycles. The topological polar surface area (TPSA) is 56.6 Å². The van der Waals surface area contributed by atoms with Crippen molar-refractivity contribution in [2.75, 3.05) is 24.7 Å². The summed E-state index contributed by atoms with van der Waals surface area (Å²) in [7, 11) is 0. The van der Waals surface area contributed by atoms with Gasteiger partial charge in [0.1, 0.15) is 19.0 Å². The predicted molar refractivity (Wildman–Crippen MR) is 126 cm³/mol. The molecule has 0 bridgehead atoms. The fourth-order valence-corrected chi connectivity index (χ4v) is 4.84. The van der Waals surface area contributed by atoms with Crippen molar-refractivity contribution in [1.82, 2.24) is 9.55 Å². The first-order chi connectivity index (χ1) is 15.7. The van der Waals surface area contributed by atoms with Crippen molar-refractivity contribution in [2.24, 2.45) is 0 Å². The number of hydrogen-bond acceptors (Lipinski definition) is 4. The summed E-state index contributed by atoms with van der Waals surface area (Å²) in [5.74, 6) is 2.71. The van der Waals surface area contributed by atoms with E-state index in [0.717, 1.165) is 35.7 Å². The Morgan fingerprint density at radius 3 is 2.69 bits per heavy atom. The third kappa shape index (κ3) is 4.06. The molecule has 0 saturated carbocycles. The molecule has 168 valence electrons. The van der Waals surface area contributed by atoms with Crippen LogP contribution in [-0.4, -0.2) is 35.2 Å². The van der Waals surface area contributed by atoms with Gasteiger partial charge in [0.15, 0.2) is 11.5 Å². The molecule has 1 saturated heterocycles. The molecule has 0 N–H and O–H groups in total. The number of unbranched alkanes of at least 4 members (excludes halogenated alkanes) is 4. The van der Waals surface area contributed by atoms with E-state index in [0.29, 0.717) is 31.9 Å². The molecule has 3 aromatic rings. The Hall–Kier alpha value is -3.02. The molecule has 32 heavy (non-hydrogen) atoms. The molecule has 6 heteroatoms. The van der Waals surface area contributed by atoms with E-state index >= 15 is 0 Å². The number of ether oxygens (including phenoxy) is 2. The summed E-state index contributed by atoms with van der Waals surface area (Å²) < 4.78 is 13.7. The molecule has 1 fully saturated rings. The molecule has 2 aliphatic heterocycles. The highest BCUT2D eigenvalue weighted by Gasteiger charge is 2.35. The average Bonchev–Trinajstić information content (AvgIpc) is 3.39. The van der Waals surface area contributed by atoms with Crippen LogP contribution >= 0.6 is 0 Å². The number of nitrogens with zero attached hydrogens (tertiary/aromatic N) is 3. The van der Waals surface area contributed by atoms with Crippen LogP contribution in [0.3, 0.4) is 0 Å². The van der Waals surface area contributed by atoms with Crippen LogP contribution in [-0.2, 0) is 11.3 Å². The van der Waals surface area contributed by atoms with Crippen LogP contribution in [0, 0.1) is 0 Å². The van der Waals surface area contributed by atoms with Gasteiger partial charge in [0.25, 0.3) is 0 Å².